The lowest BCUT2D eigenvalue weighted by Gasteiger charge is -2.16. The zero-order valence-electron chi connectivity index (χ0n) is 14.3. The summed E-state index contributed by atoms with van der Waals surface area (Å²) in [6.07, 6.45) is -3.22. The van der Waals surface area contributed by atoms with Gasteiger partial charge in [-0.3, -0.25) is 19.8 Å². The van der Waals surface area contributed by atoms with Gasteiger partial charge in [0.1, 0.15) is 0 Å². The summed E-state index contributed by atoms with van der Waals surface area (Å²) in [6.45, 7) is 3.02. The number of nitrogens with zero attached hydrogens (tertiary/aromatic N) is 1. The molecule has 0 aliphatic carbocycles. The Morgan fingerprint density at radius 3 is 2.44 bits per heavy atom. The molecular formula is C16H18ClF3N4O3. The van der Waals surface area contributed by atoms with Gasteiger partial charge in [0.2, 0.25) is 11.8 Å². The fourth-order valence-corrected chi connectivity index (χ4v) is 2.17. The summed E-state index contributed by atoms with van der Waals surface area (Å²) in [4.78, 5) is 36.2. The van der Waals surface area contributed by atoms with E-state index in [1.807, 2.05) is 5.32 Å². The molecule has 0 fully saturated rings. The summed E-state index contributed by atoms with van der Waals surface area (Å²) in [5.74, 6) is -1.30. The minimum atomic E-state index is -4.65. The van der Waals surface area contributed by atoms with E-state index < -0.39 is 34.6 Å². The molecule has 0 atom stereocenters. The van der Waals surface area contributed by atoms with Crippen LogP contribution in [-0.2, 0) is 15.8 Å². The molecule has 1 rings (SSSR count). The number of hydrogen-bond acceptors (Lipinski definition) is 4. The third-order valence-electron chi connectivity index (χ3n) is 3.04. The van der Waals surface area contributed by atoms with Crippen LogP contribution < -0.4 is 16.0 Å². The molecule has 27 heavy (non-hydrogen) atoms. The number of amides is 4. The van der Waals surface area contributed by atoms with Gasteiger partial charge in [-0.15, -0.1) is 6.58 Å². The van der Waals surface area contributed by atoms with Gasteiger partial charge in [-0.05, 0) is 25.2 Å². The fraction of sp³-hybridized carbons (Fsp3) is 0.312. The molecule has 0 heterocycles. The van der Waals surface area contributed by atoms with Gasteiger partial charge in [0.25, 0.3) is 0 Å². The third-order valence-corrected chi connectivity index (χ3v) is 3.37. The zero-order chi connectivity index (χ0) is 20.6. The molecule has 0 saturated heterocycles. The first-order chi connectivity index (χ1) is 12.5. The molecule has 0 bridgehead atoms. The SMILES string of the molecule is C=CCNC(=O)NC(=O)CN(C)CC(=O)Nc1ccc(Cl)c(C(F)(F)F)c1. The van der Waals surface area contributed by atoms with Gasteiger partial charge in [0.15, 0.2) is 0 Å². The predicted molar refractivity (Wildman–Crippen MR) is 94.3 cm³/mol. The van der Waals surface area contributed by atoms with E-state index in [2.05, 4.69) is 17.2 Å². The minimum absolute atomic E-state index is 0.0848. The molecule has 0 aliphatic heterocycles. The van der Waals surface area contributed by atoms with Gasteiger partial charge in [-0.1, -0.05) is 17.7 Å². The summed E-state index contributed by atoms with van der Waals surface area (Å²) in [7, 11) is 1.43. The second-order valence-electron chi connectivity index (χ2n) is 5.46. The van der Waals surface area contributed by atoms with Gasteiger partial charge in [-0.2, -0.15) is 13.2 Å². The molecule has 0 unspecified atom stereocenters. The Kier molecular flexibility index (Phi) is 8.26. The smallest absolute Gasteiger partial charge is 0.334 e. The number of anilines is 1. The molecule has 0 aliphatic rings. The normalized spacial score (nSPS) is 11.0. The molecule has 7 nitrogen and oxygen atoms in total. The van der Waals surface area contributed by atoms with Crippen LogP contribution in [0, 0.1) is 0 Å². The van der Waals surface area contributed by atoms with Gasteiger partial charge < -0.3 is 10.6 Å². The standard InChI is InChI=1S/C16H18ClF3N4O3/c1-3-6-21-15(27)23-14(26)9-24(2)8-13(25)22-10-4-5-12(17)11(7-10)16(18,19)20/h3-5,7H,1,6,8-9H2,2H3,(H,22,25)(H2,21,23,26,27). The minimum Gasteiger partial charge on any atom is -0.334 e. The maximum absolute atomic E-state index is 12.8. The van der Waals surface area contributed by atoms with Crippen molar-refractivity contribution in [3.05, 3.63) is 41.4 Å². The van der Waals surface area contributed by atoms with Crippen molar-refractivity contribution in [3.63, 3.8) is 0 Å². The maximum atomic E-state index is 12.8. The molecule has 0 saturated carbocycles. The number of likely N-dealkylation sites (N-methyl/N-ethyl adjacent to an activating group) is 1. The first-order valence-electron chi connectivity index (χ1n) is 7.56. The monoisotopic (exact) mass is 406 g/mol. The summed E-state index contributed by atoms with van der Waals surface area (Å²) >= 11 is 5.51. The highest BCUT2D eigenvalue weighted by atomic mass is 35.5. The Bertz CT molecular complexity index is 725. The third kappa shape index (κ3) is 8.09. The number of hydrogen-bond donors (Lipinski definition) is 3. The number of imide groups is 1. The number of halogens is 4. The first kappa shape index (κ1) is 22.5. The highest BCUT2D eigenvalue weighted by Crippen LogP contribution is 2.36. The van der Waals surface area contributed by atoms with Crippen LogP contribution in [0.5, 0.6) is 0 Å². The van der Waals surface area contributed by atoms with Crippen LogP contribution in [0.15, 0.2) is 30.9 Å². The number of carbonyl (C=O) groups is 3. The Balaban J connectivity index is 2.56. The van der Waals surface area contributed by atoms with Crippen LogP contribution in [0.3, 0.4) is 0 Å². The van der Waals surface area contributed by atoms with Crippen LogP contribution in [0.1, 0.15) is 5.56 Å². The lowest BCUT2D eigenvalue weighted by atomic mass is 10.2. The van der Waals surface area contributed by atoms with Crippen LogP contribution in [0.2, 0.25) is 5.02 Å². The lowest BCUT2D eigenvalue weighted by molar-refractivity contribution is -0.137. The second kappa shape index (κ2) is 9.93. The van der Waals surface area contributed by atoms with Gasteiger partial charge >= 0.3 is 12.2 Å². The number of carbonyl (C=O) groups excluding carboxylic acids is 3. The second-order valence-corrected chi connectivity index (χ2v) is 5.87. The van der Waals surface area contributed by atoms with Crippen LogP contribution >= 0.6 is 11.6 Å². The van der Waals surface area contributed by atoms with E-state index >= 15 is 0 Å². The topological polar surface area (TPSA) is 90.5 Å². The average molecular weight is 407 g/mol. The summed E-state index contributed by atoms with van der Waals surface area (Å²) in [5, 5.41) is 6.20. The Morgan fingerprint density at radius 2 is 1.85 bits per heavy atom. The van der Waals surface area contributed by atoms with Crippen molar-refractivity contribution in [2.45, 2.75) is 6.18 Å². The molecule has 1 aromatic carbocycles. The molecule has 4 amide bonds. The highest BCUT2D eigenvalue weighted by molar-refractivity contribution is 6.31. The van der Waals surface area contributed by atoms with Crippen LogP contribution in [-0.4, -0.2) is 49.4 Å². The molecule has 0 aromatic heterocycles. The quantitative estimate of drug-likeness (QED) is 0.606. The Labute approximate surface area is 158 Å². The van der Waals surface area contributed by atoms with Crippen molar-refractivity contribution < 1.29 is 27.6 Å². The molecule has 1 aromatic rings. The Morgan fingerprint density at radius 1 is 1.22 bits per heavy atom. The molecular weight excluding hydrogens is 389 g/mol. The number of urea groups is 1. The van der Waals surface area contributed by atoms with Crippen molar-refractivity contribution in [1.29, 1.82) is 0 Å². The lowest BCUT2D eigenvalue weighted by Crippen LogP contribution is -2.45. The number of alkyl halides is 3. The maximum Gasteiger partial charge on any atom is 0.417 e. The molecule has 11 heteroatoms. The van der Waals surface area contributed by atoms with Crippen molar-refractivity contribution >= 4 is 35.1 Å². The molecule has 0 spiro atoms. The fourth-order valence-electron chi connectivity index (χ4n) is 1.94. The van der Waals surface area contributed by atoms with Crippen molar-refractivity contribution in [1.82, 2.24) is 15.5 Å². The Hall–Kier alpha value is -2.59. The number of nitrogens with one attached hydrogen (secondary N) is 3. The summed E-state index contributed by atoms with van der Waals surface area (Å²) in [5.41, 5.74) is -1.15. The summed E-state index contributed by atoms with van der Waals surface area (Å²) in [6, 6.07) is 2.26. The molecule has 0 radical (unpaired) electrons. The van der Waals surface area contributed by atoms with Gasteiger partial charge in [0.05, 0.1) is 23.7 Å². The van der Waals surface area contributed by atoms with E-state index in [4.69, 9.17) is 11.6 Å². The van der Waals surface area contributed by atoms with Crippen LogP contribution in [0.25, 0.3) is 0 Å². The van der Waals surface area contributed by atoms with E-state index in [0.717, 1.165) is 12.1 Å². The van der Waals surface area contributed by atoms with E-state index in [1.54, 1.807) is 0 Å². The average Bonchev–Trinajstić information content (AvgIpc) is 2.53. The van der Waals surface area contributed by atoms with Crippen molar-refractivity contribution in [2.75, 3.05) is 32.0 Å². The number of benzene rings is 1. The van der Waals surface area contributed by atoms with E-state index in [0.29, 0.717) is 0 Å². The van der Waals surface area contributed by atoms with Crippen molar-refractivity contribution in [2.24, 2.45) is 0 Å². The predicted octanol–water partition coefficient (Wildman–Crippen LogP) is 2.24. The zero-order valence-corrected chi connectivity index (χ0v) is 15.1. The van der Waals surface area contributed by atoms with E-state index in [1.165, 1.54) is 24.1 Å². The van der Waals surface area contributed by atoms with Crippen molar-refractivity contribution in [3.8, 4) is 0 Å². The highest BCUT2D eigenvalue weighted by Gasteiger charge is 2.33. The largest absolute Gasteiger partial charge is 0.417 e. The van der Waals surface area contributed by atoms with Gasteiger partial charge in [0, 0.05) is 12.2 Å². The van der Waals surface area contributed by atoms with E-state index in [-0.39, 0.29) is 25.3 Å². The van der Waals surface area contributed by atoms with Crippen LogP contribution in [0.4, 0.5) is 23.7 Å². The van der Waals surface area contributed by atoms with Gasteiger partial charge in [-0.25, -0.2) is 4.79 Å². The molecule has 3 N–H and O–H groups in total. The molecule has 148 valence electrons. The van der Waals surface area contributed by atoms with E-state index in [9.17, 15) is 27.6 Å². The number of rotatable bonds is 7. The first-order valence-corrected chi connectivity index (χ1v) is 7.94. The summed E-state index contributed by atoms with van der Waals surface area (Å²) < 4.78 is 38.4.